The molecular formula is C15H14ClN3O2. The van der Waals surface area contributed by atoms with E-state index in [4.69, 9.17) is 16.7 Å². The van der Waals surface area contributed by atoms with Crippen LogP contribution in [0, 0.1) is 0 Å². The number of aromatic carboxylic acids is 1. The Morgan fingerprint density at radius 3 is 2.62 bits per heavy atom. The van der Waals surface area contributed by atoms with E-state index in [2.05, 4.69) is 16.9 Å². The van der Waals surface area contributed by atoms with Gasteiger partial charge in [-0.25, -0.2) is 9.48 Å². The maximum absolute atomic E-state index is 11.2. The fourth-order valence-corrected chi connectivity index (χ4v) is 1.89. The van der Waals surface area contributed by atoms with E-state index in [0.29, 0.717) is 17.3 Å². The third-order valence-electron chi connectivity index (χ3n) is 2.70. The van der Waals surface area contributed by atoms with Gasteiger partial charge >= 0.3 is 5.97 Å². The van der Waals surface area contributed by atoms with Gasteiger partial charge in [0.15, 0.2) is 5.69 Å². The summed E-state index contributed by atoms with van der Waals surface area (Å²) in [7, 11) is 0. The van der Waals surface area contributed by atoms with Gasteiger partial charge in [-0.3, -0.25) is 0 Å². The van der Waals surface area contributed by atoms with Gasteiger partial charge in [0, 0.05) is 5.02 Å². The van der Waals surface area contributed by atoms with E-state index in [1.54, 1.807) is 24.3 Å². The van der Waals surface area contributed by atoms with Gasteiger partial charge in [0.2, 0.25) is 0 Å². The first-order chi connectivity index (χ1) is 9.97. The highest BCUT2D eigenvalue weighted by atomic mass is 35.5. The van der Waals surface area contributed by atoms with Crippen LogP contribution in [0.1, 0.15) is 28.7 Å². The fraction of sp³-hybridized carbons (Fsp3) is 0.133. The molecule has 0 atom stereocenters. The maximum atomic E-state index is 11.2. The highest BCUT2D eigenvalue weighted by molar-refractivity contribution is 6.30. The summed E-state index contributed by atoms with van der Waals surface area (Å²) in [5.41, 5.74) is 2.11. The van der Waals surface area contributed by atoms with Gasteiger partial charge in [-0.1, -0.05) is 47.2 Å². The number of halogens is 1. The van der Waals surface area contributed by atoms with Crippen LogP contribution in [0.3, 0.4) is 0 Å². The smallest absolute Gasteiger partial charge is 0.358 e. The molecule has 0 aliphatic rings. The van der Waals surface area contributed by atoms with E-state index in [1.165, 1.54) is 4.68 Å². The van der Waals surface area contributed by atoms with Crippen LogP contribution < -0.4 is 0 Å². The zero-order chi connectivity index (χ0) is 15.4. The van der Waals surface area contributed by atoms with Gasteiger partial charge in [0.25, 0.3) is 0 Å². The van der Waals surface area contributed by atoms with Crippen LogP contribution in [0.2, 0.25) is 5.02 Å². The normalized spacial score (nSPS) is 11.0. The summed E-state index contributed by atoms with van der Waals surface area (Å²) in [5, 5.41) is 17.4. The molecule has 1 aromatic heterocycles. The molecule has 6 heteroatoms. The van der Waals surface area contributed by atoms with E-state index in [1.807, 2.05) is 19.1 Å². The first-order valence-electron chi connectivity index (χ1n) is 6.22. The standard InChI is InChI=1S/C15H14ClN3O2/c1-10(2)9-19-13(14(15(20)21)17-18-19)8-5-11-3-6-12(16)7-4-11/h3-8H,1,9H2,2H3,(H,20,21)/b8-5+. The van der Waals surface area contributed by atoms with Crippen molar-refractivity contribution in [2.45, 2.75) is 13.5 Å². The number of hydrogen-bond acceptors (Lipinski definition) is 3. The second-order valence-electron chi connectivity index (χ2n) is 4.63. The fourth-order valence-electron chi connectivity index (χ4n) is 1.76. The number of hydrogen-bond donors (Lipinski definition) is 1. The van der Waals surface area contributed by atoms with Crippen molar-refractivity contribution in [2.75, 3.05) is 0 Å². The molecule has 0 aliphatic carbocycles. The quantitative estimate of drug-likeness (QED) is 0.860. The molecule has 0 unspecified atom stereocenters. The number of aromatic nitrogens is 3. The Kier molecular flexibility index (Phi) is 4.55. The lowest BCUT2D eigenvalue weighted by Gasteiger charge is -2.03. The Morgan fingerprint density at radius 2 is 2.05 bits per heavy atom. The molecular weight excluding hydrogens is 290 g/mol. The predicted molar refractivity (Wildman–Crippen MR) is 82.2 cm³/mol. The number of allylic oxidation sites excluding steroid dienone is 1. The van der Waals surface area contributed by atoms with Gasteiger partial charge in [0.1, 0.15) is 0 Å². The van der Waals surface area contributed by atoms with Crippen molar-refractivity contribution in [3.05, 3.63) is 58.4 Å². The second-order valence-corrected chi connectivity index (χ2v) is 5.06. The molecule has 1 N–H and O–H groups in total. The van der Waals surface area contributed by atoms with Crippen LogP contribution in [0.4, 0.5) is 0 Å². The molecule has 2 aromatic rings. The van der Waals surface area contributed by atoms with Crippen LogP contribution in [0.25, 0.3) is 12.2 Å². The molecule has 0 saturated carbocycles. The molecule has 2 rings (SSSR count). The molecule has 21 heavy (non-hydrogen) atoms. The van der Waals surface area contributed by atoms with Crippen molar-refractivity contribution in [2.24, 2.45) is 0 Å². The van der Waals surface area contributed by atoms with Crippen molar-refractivity contribution in [1.29, 1.82) is 0 Å². The van der Waals surface area contributed by atoms with Crippen molar-refractivity contribution in [3.8, 4) is 0 Å². The molecule has 0 spiro atoms. The summed E-state index contributed by atoms with van der Waals surface area (Å²) in [4.78, 5) is 11.2. The van der Waals surface area contributed by atoms with Crippen molar-refractivity contribution in [3.63, 3.8) is 0 Å². The lowest BCUT2D eigenvalue weighted by Crippen LogP contribution is -2.05. The molecule has 1 heterocycles. The Hall–Kier alpha value is -2.40. The number of carboxylic acid groups (broad SMARTS) is 1. The number of nitrogens with zero attached hydrogens (tertiary/aromatic N) is 3. The molecule has 0 bridgehead atoms. The van der Waals surface area contributed by atoms with Crippen LogP contribution in [0.15, 0.2) is 36.4 Å². The summed E-state index contributed by atoms with van der Waals surface area (Å²) >= 11 is 5.83. The van der Waals surface area contributed by atoms with Crippen LogP contribution in [0.5, 0.6) is 0 Å². The highest BCUT2D eigenvalue weighted by Crippen LogP contribution is 2.15. The molecule has 108 valence electrons. The first-order valence-corrected chi connectivity index (χ1v) is 6.60. The monoisotopic (exact) mass is 303 g/mol. The summed E-state index contributed by atoms with van der Waals surface area (Å²) in [5.74, 6) is -1.11. The van der Waals surface area contributed by atoms with E-state index in [-0.39, 0.29) is 5.69 Å². The van der Waals surface area contributed by atoms with Crippen LogP contribution in [-0.2, 0) is 6.54 Å². The van der Waals surface area contributed by atoms with E-state index >= 15 is 0 Å². The summed E-state index contributed by atoms with van der Waals surface area (Å²) in [6.45, 7) is 6.06. The van der Waals surface area contributed by atoms with Gasteiger partial charge in [-0.2, -0.15) is 0 Å². The van der Waals surface area contributed by atoms with E-state index in [9.17, 15) is 4.79 Å². The zero-order valence-corrected chi connectivity index (χ0v) is 12.2. The van der Waals surface area contributed by atoms with Crippen LogP contribution in [-0.4, -0.2) is 26.1 Å². The summed E-state index contributed by atoms with van der Waals surface area (Å²) in [6.07, 6.45) is 3.46. The number of carboxylic acids is 1. The maximum Gasteiger partial charge on any atom is 0.358 e. The molecule has 0 saturated heterocycles. The number of carbonyl (C=O) groups is 1. The lowest BCUT2D eigenvalue weighted by molar-refractivity contribution is 0.0690. The Bertz CT molecular complexity index is 702. The van der Waals surface area contributed by atoms with Gasteiger partial charge in [0.05, 0.1) is 12.2 Å². The SMILES string of the molecule is C=C(C)Cn1nnc(C(=O)O)c1/C=C/c1ccc(Cl)cc1. The lowest BCUT2D eigenvalue weighted by atomic mass is 10.2. The van der Waals surface area contributed by atoms with Crippen molar-refractivity contribution < 1.29 is 9.90 Å². The summed E-state index contributed by atoms with van der Waals surface area (Å²) < 4.78 is 1.51. The zero-order valence-electron chi connectivity index (χ0n) is 11.5. The number of rotatable bonds is 5. The van der Waals surface area contributed by atoms with Crippen molar-refractivity contribution >= 4 is 29.7 Å². The van der Waals surface area contributed by atoms with E-state index in [0.717, 1.165) is 11.1 Å². The summed E-state index contributed by atoms with van der Waals surface area (Å²) in [6, 6.07) is 7.21. The minimum absolute atomic E-state index is 0.0820. The third kappa shape index (κ3) is 3.79. The highest BCUT2D eigenvalue weighted by Gasteiger charge is 2.16. The average molecular weight is 304 g/mol. The number of benzene rings is 1. The predicted octanol–water partition coefficient (Wildman–Crippen LogP) is 3.38. The minimum atomic E-state index is -1.11. The molecule has 5 nitrogen and oxygen atoms in total. The largest absolute Gasteiger partial charge is 0.476 e. The van der Waals surface area contributed by atoms with Gasteiger partial charge in [-0.05, 0) is 30.7 Å². The Morgan fingerprint density at radius 1 is 1.38 bits per heavy atom. The molecule has 0 aliphatic heterocycles. The third-order valence-corrected chi connectivity index (χ3v) is 2.95. The molecule has 0 radical (unpaired) electrons. The van der Waals surface area contributed by atoms with E-state index < -0.39 is 5.97 Å². The topological polar surface area (TPSA) is 68.0 Å². The molecule has 0 amide bonds. The average Bonchev–Trinajstić information content (AvgIpc) is 2.80. The Labute approximate surface area is 127 Å². The first kappa shape index (κ1) is 15.0. The second kappa shape index (κ2) is 6.37. The van der Waals surface area contributed by atoms with Gasteiger partial charge in [-0.15, -0.1) is 5.10 Å². The Balaban J connectivity index is 2.36. The molecule has 0 fully saturated rings. The van der Waals surface area contributed by atoms with Crippen molar-refractivity contribution in [1.82, 2.24) is 15.0 Å². The molecule has 1 aromatic carbocycles. The van der Waals surface area contributed by atoms with Crippen LogP contribution >= 0.6 is 11.6 Å². The van der Waals surface area contributed by atoms with Gasteiger partial charge < -0.3 is 5.11 Å². The minimum Gasteiger partial charge on any atom is -0.476 e.